The Morgan fingerprint density at radius 3 is 0.947 bits per heavy atom. The normalized spacial score (nSPS) is 33.1. The van der Waals surface area contributed by atoms with E-state index in [-0.39, 0.29) is 0 Å². The van der Waals surface area contributed by atoms with Gasteiger partial charge in [0.25, 0.3) is 0 Å². The average Bonchev–Trinajstić information content (AvgIpc) is 2.55. The molecule has 2 heterocycles. The molecule has 0 unspecified atom stereocenters. The molecule has 2 saturated heterocycles. The monoisotopic (exact) mass is 311 g/mol. The third kappa shape index (κ3) is 2.76. The van der Waals surface area contributed by atoms with Crippen LogP contribution in [0.5, 0.6) is 0 Å². The molecule has 0 aromatic rings. The number of hydrogen-bond acceptors (Lipinski definition) is 2. The fourth-order valence-electron chi connectivity index (χ4n) is 3.66. The zero-order valence-electron chi connectivity index (χ0n) is 14.1. The summed E-state index contributed by atoms with van der Waals surface area (Å²) in [5.41, 5.74) is 1.27. The molecule has 0 amide bonds. The molecule has 0 saturated carbocycles. The van der Waals surface area contributed by atoms with Crippen LogP contribution < -0.4 is 0 Å². The van der Waals surface area contributed by atoms with Crippen molar-refractivity contribution in [2.75, 3.05) is 0 Å². The molecule has 0 aliphatic carbocycles. The Morgan fingerprint density at radius 1 is 0.526 bits per heavy atom. The van der Waals surface area contributed by atoms with Gasteiger partial charge in [0.15, 0.2) is 0 Å². The Bertz CT molecular complexity index is 292. The zero-order chi connectivity index (χ0) is 14.7. The zero-order valence-corrected chi connectivity index (χ0v) is 15.1. The van der Waals surface area contributed by atoms with Gasteiger partial charge in [-0.05, 0) is 0 Å². The van der Waals surface area contributed by atoms with E-state index in [2.05, 4.69) is 63.3 Å². The van der Waals surface area contributed by atoms with Crippen molar-refractivity contribution in [2.24, 2.45) is 0 Å². The first-order valence-corrected chi connectivity index (χ1v) is 8.54. The van der Waals surface area contributed by atoms with E-state index in [1.54, 1.807) is 0 Å². The molecule has 2 aliphatic heterocycles. The predicted octanol–water partition coefficient (Wildman–Crippen LogP) is 4.20. The molecule has 2 nitrogen and oxygen atoms in total. The van der Waals surface area contributed by atoms with Crippen molar-refractivity contribution in [2.45, 2.75) is 103 Å². The van der Waals surface area contributed by atoms with Crippen molar-refractivity contribution in [3.05, 3.63) is 0 Å². The molecule has 0 atom stereocenters. The van der Waals surface area contributed by atoms with E-state index < -0.39 is 0 Å². The average molecular weight is 311 g/mol. The fraction of sp³-hybridized carbons (Fsp3) is 1.00. The SMILES string of the molecule is CC1(C)CCC(C)(C)[N]1[Co][N]1C(C)(C)CCC1(C)C. The van der Waals surface area contributed by atoms with Crippen molar-refractivity contribution in [1.29, 1.82) is 0 Å². The van der Waals surface area contributed by atoms with E-state index in [1.807, 2.05) is 0 Å². The summed E-state index contributed by atoms with van der Waals surface area (Å²) in [6, 6.07) is 0. The van der Waals surface area contributed by atoms with Crippen LogP contribution >= 0.6 is 0 Å². The number of rotatable bonds is 2. The molecular formula is C16H32CoN2. The van der Waals surface area contributed by atoms with Crippen LogP contribution in [0.25, 0.3) is 0 Å². The van der Waals surface area contributed by atoms with Gasteiger partial charge in [-0.25, -0.2) is 0 Å². The third-order valence-electron chi connectivity index (χ3n) is 4.85. The van der Waals surface area contributed by atoms with E-state index >= 15 is 0 Å². The van der Waals surface area contributed by atoms with E-state index in [0.717, 1.165) is 0 Å². The maximum atomic E-state index is 2.71. The minimum absolute atomic E-state index is 0.318. The van der Waals surface area contributed by atoms with Gasteiger partial charge in [0.2, 0.25) is 0 Å². The van der Waals surface area contributed by atoms with Crippen LogP contribution in [0.15, 0.2) is 0 Å². The Labute approximate surface area is 126 Å². The molecule has 0 bridgehead atoms. The molecule has 3 heteroatoms. The van der Waals surface area contributed by atoms with Crippen molar-refractivity contribution in [3.63, 3.8) is 0 Å². The Hall–Kier alpha value is 0.426. The summed E-state index contributed by atoms with van der Waals surface area (Å²) in [7, 11) is 0. The van der Waals surface area contributed by atoms with E-state index in [0.29, 0.717) is 22.2 Å². The molecule has 0 spiro atoms. The van der Waals surface area contributed by atoms with Crippen LogP contribution in [0.3, 0.4) is 0 Å². The quantitative estimate of drug-likeness (QED) is 0.754. The molecule has 2 aliphatic rings. The second kappa shape index (κ2) is 4.46. The Balaban J connectivity index is 2.24. The number of hydrogen-bond donors (Lipinski definition) is 0. The van der Waals surface area contributed by atoms with Gasteiger partial charge in [0, 0.05) is 0 Å². The molecule has 0 radical (unpaired) electrons. The van der Waals surface area contributed by atoms with Crippen LogP contribution in [0.1, 0.15) is 81.1 Å². The molecule has 2 rings (SSSR count). The molecule has 115 valence electrons. The van der Waals surface area contributed by atoms with Gasteiger partial charge in [0.05, 0.1) is 0 Å². The van der Waals surface area contributed by atoms with Crippen molar-refractivity contribution in [3.8, 4) is 0 Å². The van der Waals surface area contributed by atoms with Crippen LogP contribution in [0.4, 0.5) is 0 Å². The standard InChI is InChI=1S/2C8H16N.Co/c2*1-7(2)5-6-8(3,4)9-7;/h2*5-6H2,1-4H3;/q2*-1;+2. The maximum absolute atomic E-state index is 2.71. The molecular weight excluding hydrogens is 279 g/mol. The van der Waals surface area contributed by atoms with Crippen molar-refractivity contribution < 1.29 is 15.1 Å². The van der Waals surface area contributed by atoms with E-state index in [4.69, 9.17) is 0 Å². The van der Waals surface area contributed by atoms with Crippen LogP contribution in [0, 0.1) is 0 Å². The van der Waals surface area contributed by atoms with Crippen molar-refractivity contribution >= 4 is 0 Å². The summed E-state index contributed by atoms with van der Waals surface area (Å²) >= 11 is 1.45. The van der Waals surface area contributed by atoms with Crippen molar-refractivity contribution in [1.82, 2.24) is 7.90 Å². The van der Waals surface area contributed by atoms with E-state index in [9.17, 15) is 0 Å². The summed E-state index contributed by atoms with van der Waals surface area (Å²) in [5, 5.41) is 0. The van der Waals surface area contributed by atoms with Gasteiger partial charge < -0.3 is 0 Å². The summed E-state index contributed by atoms with van der Waals surface area (Å²) in [5.74, 6) is 0. The first kappa shape index (κ1) is 15.8. The van der Waals surface area contributed by atoms with Gasteiger partial charge in [-0.3, -0.25) is 0 Å². The summed E-state index contributed by atoms with van der Waals surface area (Å²) in [6.45, 7) is 19.3. The fourth-order valence-corrected chi connectivity index (χ4v) is 5.46. The topological polar surface area (TPSA) is 6.48 Å². The minimum atomic E-state index is 0.318. The molecule has 19 heavy (non-hydrogen) atoms. The predicted molar refractivity (Wildman–Crippen MR) is 78.5 cm³/mol. The molecule has 2 fully saturated rings. The van der Waals surface area contributed by atoms with Gasteiger partial charge in [-0.1, -0.05) is 0 Å². The first-order chi connectivity index (χ1) is 8.39. The van der Waals surface area contributed by atoms with Gasteiger partial charge >= 0.3 is 126 Å². The van der Waals surface area contributed by atoms with Crippen LogP contribution in [-0.2, 0) is 15.1 Å². The Kier molecular flexibility index (Phi) is 3.71. The summed E-state index contributed by atoms with van der Waals surface area (Å²) < 4.78 is 5.43. The van der Waals surface area contributed by atoms with Crippen LogP contribution in [-0.4, -0.2) is 30.1 Å². The second-order valence-corrected chi connectivity index (χ2v) is 9.98. The molecule has 0 aromatic heterocycles. The number of nitrogens with zero attached hydrogens (tertiary/aromatic N) is 2. The van der Waals surface area contributed by atoms with Gasteiger partial charge in [-0.2, -0.15) is 0 Å². The van der Waals surface area contributed by atoms with Crippen LogP contribution in [0.2, 0.25) is 0 Å². The summed E-state index contributed by atoms with van der Waals surface area (Å²) in [4.78, 5) is 0. The third-order valence-corrected chi connectivity index (χ3v) is 7.79. The van der Waals surface area contributed by atoms with Gasteiger partial charge in [-0.15, -0.1) is 0 Å². The van der Waals surface area contributed by atoms with E-state index in [1.165, 1.54) is 40.8 Å². The second-order valence-electron chi connectivity index (χ2n) is 8.84. The molecule has 0 N–H and O–H groups in total. The first-order valence-electron chi connectivity index (χ1n) is 7.61. The summed E-state index contributed by atoms with van der Waals surface area (Å²) in [6.07, 6.45) is 5.23. The Morgan fingerprint density at radius 2 is 0.737 bits per heavy atom. The molecule has 0 aromatic carbocycles. The van der Waals surface area contributed by atoms with Gasteiger partial charge in [0.1, 0.15) is 0 Å².